The highest BCUT2D eigenvalue weighted by molar-refractivity contribution is 14.1. The standard InChI is InChI=1S/C5H5I/c6-4-3-5-1-2-5/h5H,1-2H2. The highest BCUT2D eigenvalue weighted by atomic mass is 127. The maximum absolute atomic E-state index is 3.06. The van der Waals surface area contributed by atoms with Crippen molar-refractivity contribution in [3.05, 3.63) is 0 Å². The summed E-state index contributed by atoms with van der Waals surface area (Å²) in [7, 11) is 0. The topological polar surface area (TPSA) is 0 Å². The van der Waals surface area contributed by atoms with Crippen LogP contribution in [0.1, 0.15) is 12.8 Å². The molecule has 0 N–H and O–H groups in total. The Morgan fingerprint density at radius 3 is 2.33 bits per heavy atom. The molecule has 6 heavy (non-hydrogen) atoms. The van der Waals surface area contributed by atoms with E-state index in [1.165, 1.54) is 12.8 Å². The number of rotatable bonds is 0. The first kappa shape index (κ1) is 4.45. The van der Waals surface area contributed by atoms with Crippen LogP contribution in [0.4, 0.5) is 0 Å². The molecule has 1 saturated carbocycles. The lowest BCUT2D eigenvalue weighted by atomic mass is 10.5. The molecule has 1 aliphatic carbocycles. The Hall–Kier alpha value is 0.290. The molecule has 0 aromatic heterocycles. The van der Waals surface area contributed by atoms with Crippen LogP contribution in [0.5, 0.6) is 0 Å². The summed E-state index contributed by atoms with van der Waals surface area (Å²) < 4.78 is 2.85. The van der Waals surface area contributed by atoms with Gasteiger partial charge >= 0.3 is 0 Å². The minimum Gasteiger partial charge on any atom is -0.0885 e. The van der Waals surface area contributed by atoms with Gasteiger partial charge in [0.25, 0.3) is 0 Å². The Balaban J connectivity index is 2.27. The maximum Gasteiger partial charge on any atom is 0.0211 e. The molecule has 0 unspecified atom stereocenters. The minimum atomic E-state index is 0.780. The van der Waals surface area contributed by atoms with Crippen molar-refractivity contribution in [3.8, 4) is 9.85 Å². The lowest BCUT2D eigenvalue weighted by molar-refractivity contribution is 1.18. The maximum atomic E-state index is 3.06. The third-order valence-corrected chi connectivity index (χ3v) is 1.15. The van der Waals surface area contributed by atoms with Gasteiger partial charge in [-0.1, -0.05) is 5.92 Å². The van der Waals surface area contributed by atoms with Crippen molar-refractivity contribution in [2.24, 2.45) is 5.92 Å². The second kappa shape index (κ2) is 1.83. The van der Waals surface area contributed by atoms with Crippen LogP contribution in [0.15, 0.2) is 0 Å². The zero-order valence-electron chi connectivity index (χ0n) is 3.37. The zero-order chi connectivity index (χ0) is 4.41. The van der Waals surface area contributed by atoms with Gasteiger partial charge in [0.15, 0.2) is 0 Å². The fraction of sp³-hybridized carbons (Fsp3) is 0.600. The zero-order valence-corrected chi connectivity index (χ0v) is 5.53. The van der Waals surface area contributed by atoms with Crippen LogP contribution in [0, 0.1) is 15.8 Å². The Labute approximate surface area is 51.5 Å². The molecule has 0 aromatic rings. The third-order valence-electron chi connectivity index (χ3n) is 0.836. The van der Waals surface area contributed by atoms with E-state index >= 15 is 0 Å². The van der Waals surface area contributed by atoms with E-state index in [2.05, 4.69) is 32.4 Å². The van der Waals surface area contributed by atoms with Gasteiger partial charge in [-0.3, -0.25) is 0 Å². The molecule has 1 heteroatoms. The lowest BCUT2D eigenvalue weighted by Gasteiger charge is -1.61. The summed E-state index contributed by atoms with van der Waals surface area (Å²) in [5.74, 6) is 3.84. The second-order valence-electron chi connectivity index (χ2n) is 1.51. The van der Waals surface area contributed by atoms with Crippen molar-refractivity contribution < 1.29 is 0 Å². The molecule has 0 aliphatic heterocycles. The van der Waals surface area contributed by atoms with Crippen LogP contribution in [0.3, 0.4) is 0 Å². The first-order valence-corrected chi connectivity index (χ1v) is 3.12. The Morgan fingerprint density at radius 2 is 2.17 bits per heavy atom. The van der Waals surface area contributed by atoms with Crippen LogP contribution in [0.2, 0.25) is 0 Å². The first-order chi connectivity index (χ1) is 2.93. The predicted octanol–water partition coefficient (Wildman–Crippen LogP) is 1.79. The van der Waals surface area contributed by atoms with Gasteiger partial charge in [-0.25, -0.2) is 0 Å². The predicted molar refractivity (Wildman–Crippen MR) is 34.5 cm³/mol. The summed E-state index contributed by atoms with van der Waals surface area (Å²) >= 11 is 2.08. The van der Waals surface area contributed by atoms with Crippen molar-refractivity contribution >= 4 is 22.6 Å². The van der Waals surface area contributed by atoms with Crippen molar-refractivity contribution in [3.63, 3.8) is 0 Å². The normalized spacial score (nSPS) is 18.8. The molecular weight excluding hydrogens is 187 g/mol. The highest BCUT2D eigenvalue weighted by Crippen LogP contribution is 2.27. The summed E-state index contributed by atoms with van der Waals surface area (Å²) in [5, 5.41) is 0. The molecule has 0 spiro atoms. The molecule has 0 bridgehead atoms. The van der Waals surface area contributed by atoms with E-state index < -0.39 is 0 Å². The number of hydrogen-bond acceptors (Lipinski definition) is 0. The molecule has 0 heterocycles. The Bertz CT molecular complexity index is 92.2. The average molecular weight is 192 g/mol. The SMILES string of the molecule is IC#CC1CC1. The summed E-state index contributed by atoms with van der Waals surface area (Å²) in [6, 6.07) is 0. The third kappa shape index (κ3) is 1.17. The Morgan fingerprint density at radius 1 is 1.50 bits per heavy atom. The molecule has 0 nitrogen and oxygen atoms in total. The molecule has 0 amide bonds. The van der Waals surface area contributed by atoms with Crippen LogP contribution < -0.4 is 0 Å². The van der Waals surface area contributed by atoms with Crippen LogP contribution in [-0.4, -0.2) is 0 Å². The van der Waals surface area contributed by atoms with Crippen molar-refractivity contribution in [1.82, 2.24) is 0 Å². The van der Waals surface area contributed by atoms with E-state index in [9.17, 15) is 0 Å². The summed E-state index contributed by atoms with van der Waals surface area (Å²) in [6.45, 7) is 0. The minimum absolute atomic E-state index is 0.780. The van der Waals surface area contributed by atoms with Gasteiger partial charge in [-0.2, -0.15) is 0 Å². The van der Waals surface area contributed by atoms with E-state index in [1.54, 1.807) is 0 Å². The van der Waals surface area contributed by atoms with Crippen molar-refractivity contribution in [1.29, 1.82) is 0 Å². The van der Waals surface area contributed by atoms with Gasteiger partial charge in [0, 0.05) is 28.5 Å². The van der Waals surface area contributed by atoms with Gasteiger partial charge in [0.2, 0.25) is 0 Å². The number of hydrogen-bond donors (Lipinski definition) is 0. The average Bonchev–Trinajstić information content (AvgIpc) is 2.21. The van der Waals surface area contributed by atoms with E-state index in [-0.39, 0.29) is 0 Å². The van der Waals surface area contributed by atoms with Gasteiger partial charge < -0.3 is 0 Å². The molecule has 32 valence electrons. The first-order valence-electron chi connectivity index (χ1n) is 2.04. The van der Waals surface area contributed by atoms with E-state index in [4.69, 9.17) is 0 Å². The molecule has 1 rings (SSSR count). The molecule has 0 saturated heterocycles. The quantitative estimate of drug-likeness (QED) is 0.405. The highest BCUT2D eigenvalue weighted by Gasteiger charge is 2.17. The lowest BCUT2D eigenvalue weighted by Crippen LogP contribution is -1.54. The molecule has 0 aromatic carbocycles. The second-order valence-corrected chi connectivity index (χ2v) is 2.05. The largest absolute Gasteiger partial charge is 0.0885 e. The van der Waals surface area contributed by atoms with E-state index in [0.29, 0.717) is 0 Å². The van der Waals surface area contributed by atoms with Crippen LogP contribution in [-0.2, 0) is 0 Å². The number of halogens is 1. The summed E-state index contributed by atoms with van der Waals surface area (Å²) in [4.78, 5) is 0. The monoisotopic (exact) mass is 192 g/mol. The summed E-state index contributed by atoms with van der Waals surface area (Å²) in [6.07, 6.45) is 2.69. The molecule has 1 aliphatic rings. The molecule has 0 atom stereocenters. The van der Waals surface area contributed by atoms with Gasteiger partial charge in [0.1, 0.15) is 0 Å². The van der Waals surface area contributed by atoms with Crippen LogP contribution in [0.25, 0.3) is 0 Å². The fourth-order valence-electron chi connectivity index (χ4n) is 0.305. The van der Waals surface area contributed by atoms with Gasteiger partial charge in [-0.15, -0.1) is 0 Å². The smallest absolute Gasteiger partial charge is 0.0211 e. The van der Waals surface area contributed by atoms with Crippen LogP contribution >= 0.6 is 22.6 Å². The van der Waals surface area contributed by atoms with Crippen molar-refractivity contribution in [2.45, 2.75) is 12.8 Å². The summed E-state index contributed by atoms with van der Waals surface area (Å²) in [5.41, 5.74) is 0. The van der Waals surface area contributed by atoms with E-state index in [0.717, 1.165) is 5.92 Å². The molecule has 1 fully saturated rings. The molecule has 0 radical (unpaired) electrons. The molecular formula is C5H5I. The van der Waals surface area contributed by atoms with Gasteiger partial charge in [0.05, 0.1) is 0 Å². The van der Waals surface area contributed by atoms with E-state index in [1.807, 2.05) is 0 Å². The van der Waals surface area contributed by atoms with Crippen molar-refractivity contribution in [2.75, 3.05) is 0 Å². The van der Waals surface area contributed by atoms with Gasteiger partial charge in [-0.05, 0) is 16.8 Å². The fourth-order valence-corrected chi connectivity index (χ4v) is 0.745. The Kier molecular flexibility index (Phi) is 1.36.